The maximum absolute atomic E-state index is 12.2. The highest BCUT2D eigenvalue weighted by Gasteiger charge is 2.37. The Hall–Kier alpha value is -2.77. The third-order valence-electron chi connectivity index (χ3n) is 4.37. The SMILES string of the molecule is CCN1C(=O)C[C@H](Nc2ccc(OC)c(OCC(=O)NC3CC3)c2)C1=O. The normalized spacial score (nSPS) is 19.5. The predicted molar refractivity (Wildman–Crippen MR) is 94.1 cm³/mol. The Morgan fingerprint density at radius 3 is 2.65 bits per heavy atom. The van der Waals surface area contributed by atoms with Crippen LogP contribution in [0.15, 0.2) is 18.2 Å². The van der Waals surface area contributed by atoms with Gasteiger partial charge in [0, 0.05) is 24.3 Å². The summed E-state index contributed by atoms with van der Waals surface area (Å²) in [5, 5.41) is 5.91. The minimum atomic E-state index is -0.595. The number of likely N-dealkylation sites (tertiary alicyclic amines) is 1. The van der Waals surface area contributed by atoms with Gasteiger partial charge in [-0.2, -0.15) is 0 Å². The molecule has 0 radical (unpaired) electrons. The zero-order chi connectivity index (χ0) is 18.7. The van der Waals surface area contributed by atoms with Crippen LogP contribution in [-0.2, 0) is 14.4 Å². The standard InChI is InChI=1S/C18H23N3O5/c1-3-21-17(23)9-13(18(21)24)19-12-6-7-14(25-2)15(8-12)26-10-16(22)20-11-4-5-11/h6-8,11,13,19H,3-5,9-10H2,1-2H3,(H,20,22)/t13-/m0/s1. The summed E-state index contributed by atoms with van der Waals surface area (Å²) in [4.78, 5) is 37.1. The van der Waals surface area contributed by atoms with Crippen LogP contribution < -0.4 is 20.1 Å². The Morgan fingerprint density at radius 2 is 2.04 bits per heavy atom. The summed E-state index contributed by atoms with van der Waals surface area (Å²) in [7, 11) is 1.51. The molecule has 0 unspecified atom stereocenters. The number of imide groups is 1. The van der Waals surface area contributed by atoms with E-state index in [1.54, 1.807) is 25.1 Å². The number of nitrogens with zero attached hydrogens (tertiary/aromatic N) is 1. The molecule has 0 spiro atoms. The zero-order valence-electron chi connectivity index (χ0n) is 14.9. The number of hydrogen-bond donors (Lipinski definition) is 2. The summed E-state index contributed by atoms with van der Waals surface area (Å²) in [5.74, 6) is 0.283. The quantitative estimate of drug-likeness (QED) is 0.668. The van der Waals surface area contributed by atoms with E-state index >= 15 is 0 Å². The molecule has 140 valence electrons. The highest BCUT2D eigenvalue weighted by Crippen LogP contribution is 2.31. The Morgan fingerprint density at radius 1 is 1.27 bits per heavy atom. The molecule has 1 atom stereocenters. The Labute approximate surface area is 151 Å². The van der Waals surface area contributed by atoms with Crippen molar-refractivity contribution in [2.24, 2.45) is 0 Å². The number of methoxy groups -OCH3 is 1. The topological polar surface area (TPSA) is 97.0 Å². The van der Waals surface area contributed by atoms with E-state index in [2.05, 4.69) is 10.6 Å². The molecule has 1 saturated heterocycles. The van der Waals surface area contributed by atoms with Gasteiger partial charge in [0.25, 0.3) is 11.8 Å². The van der Waals surface area contributed by atoms with Gasteiger partial charge in [-0.05, 0) is 31.9 Å². The first-order chi connectivity index (χ1) is 12.5. The minimum Gasteiger partial charge on any atom is -0.493 e. The summed E-state index contributed by atoms with van der Waals surface area (Å²) in [6.07, 6.45) is 2.15. The number of rotatable bonds is 8. The van der Waals surface area contributed by atoms with Crippen molar-refractivity contribution in [2.75, 3.05) is 25.6 Å². The van der Waals surface area contributed by atoms with E-state index < -0.39 is 6.04 Å². The first-order valence-corrected chi connectivity index (χ1v) is 8.72. The average Bonchev–Trinajstić information content (AvgIpc) is 3.39. The van der Waals surface area contributed by atoms with Crippen molar-refractivity contribution in [1.29, 1.82) is 0 Å². The van der Waals surface area contributed by atoms with Gasteiger partial charge in [-0.3, -0.25) is 19.3 Å². The Kier molecular flexibility index (Phi) is 5.29. The van der Waals surface area contributed by atoms with E-state index in [0.717, 1.165) is 12.8 Å². The van der Waals surface area contributed by atoms with Crippen molar-refractivity contribution < 1.29 is 23.9 Å². The molecule has 8 nitrogen and oxygen atoms in total. The van der Waals surface area contributed by atoms with Gasteiger partial charge in [0.15, 0.2) is 18.1 Å². The van der Waals surface area contributed by atoms with Crippen LogP contribution >= 0.6 is 0 Å². The second-order valence-corrected chi connectivity index (χ2v) is 6.37. The average molecular weight is 361 g/mol. The Bertz CT molecular complexity index is 717. The highest BCUT2D eigenvalue weighted by molar-refractivity contribution is 6.06. The van der Waals surface area contributed by atoms with Gasteiger partial charge < -0.3 is 20.1 Å². The molecular weight excluding hydrogens is 338 g/mol. The van der Waals surface area contributed by atoms with Crippen LogP contribution in [0.5, 0.6) is 11.5 Å². The van der Waals surface area contributed by atoms with Crippen molar-refractivity contribution in [1.82, 2.24) is 10.2 Å². The van der Waals surface area contributed by atoms with Crippen molar-refractivity contribution >= 4 is 23.4 Å². The molecule has 0 aromatic heterocycles. The lowest BCUT2D eigenvalue weighted by Gasteiger charge is -2.16. The number of carbonyl (C=O) groups is 3. The van der Waals surface area contributed by atoms with Crippen LogP contribution in [0.4, 0.5) is 5.69 Å². The fraction of sp³-hybridized carbons (Fsp3) is 0.500. The largest absolute Gasteiger partial charge is 0.493 e. The van der Waals surface area contributed by atoms with E-state index in [-0.39, 0.29) is 36.8 Å². The number of amides is 3. The van der Waals surface area contributed by atoms with E-state index in [9.17, 15) is 14.4 Å². The summed E-state index contributed by atoms with van der Waals surface area (Å²) < 4.78 is 10.8. The number of benzene rings is 1. The minimum absolute atomic E-state index is 0.110. The second kappa shape index (κ2) is 7.63. The molecular formula is C18H23N3O5. The molecule has 8 heteroatoms. The molecule has 2 aliphatic rings. The van der Waals surface area contributed by atoms with E-state index in [0.29, 0.717) is 23.7 Å². The maximum Gasteiger partial charge on any atom is 0.258 e. The summed E-state index contributed by atoms with van der Waals surface area (Å²) in [5.41, 5.74) is 0.618. The first-order valence-electron chi connectivity index (χ1n) is 8.72. The molecule has 1 aromatic rings. The predicted octanol–water partition coefficient (Wildman–Crippen LogP) is 0.912. The number of ether oxygens (including phenoxy) is 2. The third-order valence-corrected chi connectivity index (χ3v) is 4.37. The van der Waals surface area contributed by atoms with Crippen LogP contribution in [0.3, 0.4) is 0 Å². The third kappa shape index (κ3) is 4.07. The monoisotopic (exact) mass is 361 g/mol. The zero-order valence-corrected chi connectivity index (χ0v) is 14.9. The van der Waals surface area contributed by atoms with Crippen molar-refractivity contribution in [3.05, 3.63) is 18.2 Å². The van der Waals surface area contributed by atoms with Gasteiger partial charge in [-0.25, -0.2) is 0 Å². The molecule has 3 rings (SSSR count). The van der Waals surface area contributed by atoms with Gasteiger partial charge in [-0.15, -0.1) is 0 Å². The molecule has 1 saturated carbocycles. The smallest absolute Gasteiger partial charge is 0.258 e. The molecule has 1 aliphatic heterocycles. The van der Waals surface area contributed by atoms with E-state index in [1.165, 1.54) is 12.0 Å². The van der Waals surface area contributed by atoms with E-state index in [1.807, 2.05) is 0 Å². The van der Waals surface area contributed by atoms with Crippen LogP contribution in [0.1, 0.15) is 26.2 Å². The number of likely N-dealkylation sites (N-methyl/N-ethyl adjacent to an activating group) is 1. The molecule has 1 aliphatic carbocycles. The van der Waals surface area contributed by atoms with Crippen molar-refractivity contribution in [3.8, 4) is 11.5 Å². The molecule has 3 amide bonds. The van der Waals surface area contributed by atoms with Crippen molar-refractivity contribution in [2.45, 2.75) is 38.3 Å². The van der Waals surface area contributed by atoms with Crippen LogP contribution in [0.2, 0.25) is 0 Å². The summed E-state index contributed by atoms with van der Waals surface area (Å²) in [6, 6.07) is 4.77. The second-order valence-electron chi connectivity index (χ2n) is 6.37. The molecule has 1 aromatic carbocycles. The fourth-order valence-electron chi connectivity index (χ4n) is 2.85. The number of hydrogen-bond acceptors (Lipinski definition) is 6. The first kappa shape index (κ1) is 18.0. The van der Waals surface area contributed by atoms with Gasteiger partial charge in [0.2, 0.25) is 5.91 Å². The van der Waals surface area contributed by atoms with Gasteiger partial charge >= 0.3 is 0 Å². The maximum atomic E-state index is 12.2. The molecule has 26 heavy (non-hydrogen) atoms. The lowest BCUT2D eigenvalue weighted by atomic mass is 10.2. The van der Waals surface area contributed by atoms with Gasteiger partial charge in [0.1, 0.15) is 6.04 Å². The summed E-state index contributed by atoms with van der Waals surface area (Å²) in [6.45, 7) is 2.02. The summed E-state index contributed by atoms with van der Waals surface area (Å²) >= 11 is 0. The van der Waals surface area contributed by atoms with Crippen LogP contribution in [0, 0.1) is 0 Å². The number of nitrogens with one attached hydrogen (secondary N) is 2. The molecule has 1 heterocycles. The fourth-order valence-corrected chi connectivity index (χ4v) is 2.85. The highest BCUT2D eigenvalue weighted by atomic mass is 16.5. The van der Waals surface area contributed by atoms with Gasteiger partial charge in [-0.1, -0.05) is 0 Å². The molecule has 2 N–H and O–H groups in total. The van der Waals surface area contributed by atoms with Crippen LogP contribution in [0.25, 0.3) is 0 Å². The number of anilines is 1. The van der Waals surface area contributed by atoms with Crippen molar-refractivity contribution in [3.63, 3.8) is 0 Å². The lowest BCUT2D eigenvalue weighted by molar-refractivity contribution is -0.138. The Balaban J connectivity index is 1.65. The molecule has 0 bridgehead atoms. The lowest BCUT2D eigenvalue weighted by Crippen LogP contribution is -2.34. The molecule has 2 fully saturated rings. The van der Waals surface area contributed by atoms with Crippen LogP contribution in [-0.4, -0.2) is 55.0 Å². The number of carbonyl (C=O) groups excluding carboxylic acids is 3. The van der Waals surface area contributed by atoms with E-state index in [4.69, 9.17) is 9.47 Å². The van der Waals surface area contributed by atoms with Gasteiger partial charge in [0.05, 0.1) is 13.5 Å².